The highest BCUT2D eigenvalue weighted by molar-refractivity contribution is 5.30. The summed E-state index contributed by atoms with van der Waals surface area (Å²) in [6.45, 7) is 0. The molecule has 1 heterocycles. The van der Waals surface area contributed by atoms with Gasteiger partial charge in [0.25, 0.3) is 5.56 Å². The summed E-state index contributed by atoms with van der Waals surface area (Å²) in [6, 6.07) is 3.36. The number of nitrogens with one attached hydrogen (secondary N) is 1. The average Bonchev–Trinajstić information content (AvgIpc) is 2.89. The number of nitrogens with zero attached hydrogens (tertiary/aromatic N) is 1. The minimum atomic E-state index is -0.230. The summed E-state index contributed by atoms with van der Waals surface area (Å²) in [5.74, 6) is 0. The van der Waals surface area contributed by atoms with Gasteiger partial charge in [-0.1, -0.05) is 0 Å². The van der Waals surface area contributed by atoms with Gasteiger partial charge in [0.05, 0.1) is 12.1 Å². The molecule has 0 aliphatic heterocycles. The number of methoxy groups -OCH3 is 1. The lowest BCUT2D eigenvalue weighted by Gasteiger charge is -2.03. The molecule has 2 rings (SSSR count). The van der Waals surface area contributed by atoms with Gasteiger partial charge in [-0.15, -0.1) is 0 Å². The van der Waals surface area contributed by atoms with Gasteiger partial charge >= 0.3 is 0 Å². The summed E-state index contributed by atoms with van der Waals surface area (Å²) in [5.41, 5.74) is 7.15. The van der Waals surface area contributed by atoms with Crippen molar-refractivity contribution in [3.63, 3.8) is 0 Å². The molecule has 1 saturated carbocycles. The van der Waals surface area contributed by atoms with Crippen LogP contribution in [0, 0.1) is 0 Å². The van der Waals surface area contributed by atoms with Crippen molar-refractivity contribution in [1.29, 1.82) is 0 Å². The van der Waals surface area contributed by atoms with E-state index in [2.05, 4.69) is 0 Å². The molecule has 1 radical (unpaired) electrons. The van der Waals surface area contributed by atoms with Gasteiger partial charge in [-0.3, -0.25) is 10.5 Å². The van der Waals surface area contributed by atoms with E-state index in [1.807, 2.05) is 0 Å². The van der Waals surface area contributed by atoms with Crippen LogP contribution in [0.1, 0.15) is 12.5 Å². The standard InChI is InChI=1S/C9H11N2O2/c1-13-8-5-7(8)11-4-2-3-6(10)9(11)12/h2-4,7-8,10H,5H2,1H3/t7-,8-/m1/s1. The molecule has 2 atom stereocenters. The topological polar surface area (TPSA) is 55.0 Å². The smallest absolute Gasteiger partial charge is 0.276 e. The van der Waals surface area contributed by atoms with Gasteiger partial charge in [-0.05, 0) is 18.6 Å². The van der Waals surface area contributed by atoms with Crippen LogP contribution in [0.15, 0.2) is 23.1 Å². The average molecular weight is 179 g/mol. The third-order valence-electron chi connectivity index (χ3n) is 2.33. The first kappa shape index (κ1) is 8.31. The van der Waals surface area contributed by atoms with Crippen LogP contribution >= 0.6 is 0 Å². The second kappa shape index (κ2) is 2.88. The Morgan fingerprint density at radius 3 is 3.08 bits per heavy atom. The summed E-state index contributed by atoms with van der Waals surface area (Å²) < 4.78 is 6.68. The fourth-order valence-corrected chi connectivity index (χ4v) is 1.48. The van der Waals surface area contributed by atoms with E-state index in [1.54, 1.807) is 23.9 Å². The predicted octanol–water partition coefficient (Wildman–Crippen LogP) is 0.722. The van der Waals surface area contributed by atoms with Crippen LogP contribution in [0.5, 0.6) is 0 Å². The van der Waals surface area contributed by atoms with Crippen LogP contribution in [0.3, 0.4) is 0 Å². The zero-order valence-corrected chi connectivity index (χ0v) is 7.36. The van der Waals surface area contributed by atoms with Crippen molar-refractivity contribution in [3.05, 3.63) is 28.7 Å². The first-order chi connectivity index (χ1) is 6.24. The Hall–Kier alpha value is -1.29. The molecule has 1 aliphatic carbocycles. The van der Waals surface area contributed by atoms with Crippen molar-refractivity contribution < 1.29 is 4.74 Å². The largest absolute Gasteiger partial charge is 0.379 e. The molecule has 0 aromatic carbocycles. The van der Waals surface area contributed by atoms with Gasteiger partial charge in [-0.25, -0.2) is 0 Å². The fourth-order valence-electron chi connectivity index (χ4n) is 1.48. The van der Waals surface area contributed by atoms with E-state index in [4.69, 9.17) is 10.5 Å². The second-order valence-corrected chi connectivity index (χ2v) is 3.21. The first-order valence-corrected chi connectivity index (χ1v) is 4.19. The van der Waals surface area contributed by atoms with Gasteiger partial charge in [-0.2, -0.15) is 0 Å². The molecule has 1 aromatic rings. The predicted molar refractivity (Wildman–Crippen MR) is 47.9 cm³/mol. The Morgan fingerprint density at radius 2 is 2.46 bits per heavy atom. The zero-order chi connectivity index (χ0) is 9.42. The molecule has 1 N–H and O–H groups in total. The molecular weight excluding hydrogens is 168 g/mol. The minimum absolute atomic E-state index is 0.0456. The van der Waals surface area contributed by atoms with Crippen LogP contribution in [0.25, 0.3) is 0 Å². The Kier molecular flexibility index (Phi) is 1.84. The van der Waals surface area contributed by atoms with Gasteiger partial charge in [0.15, 0.2) is 0 Å². The normalized spacial score (nSPS) is 25.9. The molecule has 1 aliphatic rings. The molecule has 0 bridgehead atoms. The Labute approximate surface area is 75.9 Å². The van der Waals surface area contributed by atoms with Crippen LogP contribution in [-0.2, 0) is 4.74 Å². The second-order valence-electron chi connectivity index (χ2n) is 3.21. The summed E-state index contributed by atoms with van der Waals surface area (Å²) in [6.07, 6.45) is 2.74. The Bertz CT molecular complexity index is 372. The Balaban J connectivity index is 2.32. The van der Waals surface area contributed by atoms with Gasteiger partial charge in [0.2, 0.25) is 0 Å². The van der Waals surface area contributed by atoms with Crippen molar-refractivity contribution in [1.82, 2.24) is 10.3 Å². The Morgan fingerprint density at radius 1 is 1.69 bits per heavy atom. The minimum Gasteiger partial charge on any atom is -0.379 e. The van der Waals surface area contributed by atoms with Gasteiger partial charge in [0, 0.05) is 13.3 Å². The van der Waals surface area contributed by atoms with E-state index >= 15 is 0 Å². The molecular formula is C9H11N2O2. The van der Waals surface area contributed by atoms with E-state index in [-0.39, 0.29) is 23.4 Å². The van der Waals surface area contributed by atoms with Crippen molar-refractivity contribution >= 4 is 5.69 Å². The van der Waals surface area contributed by atoms with Crippen LogP contribution in [-0.4, -0.2) is 17.8 Å². The molecule has 0 saturated heterocycles. The van der Waals surface area contributed by atoms with E-state index in [0.717, 1.165) is 6.42 Å². The summed E-state index contributed by atoms with van der Waals surface area (Å²) in [4.78, 5) is 11.4. The van der Waals surface area contributed by atoms with Crippen LogP contribution < -0.4 is 11.3 Å². The lowest BCUT2D eigenvalue weighted by Crippen LogP contribution is -2.19. The molecule has 1 aromatic heterocycles. The third kappa shape index (κ3) is 1.33. The SMILES string of the molecule is CO[C@@H]1C[C@H]1n1cccc([NH])c1=O. The monoisotopic (exact) mass is 179 g/mol. The molecule has 4 nitrogen and oxygen atoms in total. The quantitative estimate of drug-likeness (QED) is 0.671. The fraction of sp³-hybridized carbons (Fsp3) is 0.444. The number of pyridine rings is 1. The van der Waals surface area contributed by atoms with Crippen molar-refractivity contribution in [2.24, 2.45) is 0 Å². The van der Waals surface area contributed by atoms with Crippen molar-refractivity contribution in [2.45, 2.75) is 18.6 Å². The molecule has 13 heavy (non-hydrogen) atoms. The lowest BCUT2D eigenvalue weighted by atomic mass is 10.4. The summed E-state index contributed by atoms with van der Waals surface area (Å²) in [7, 11) is 1.64. The molecule has 1 fully saturated rings. The molecule has 0 amide bonds. The van der Waals surface area contributed by atoms with Gasteiger partial charge < -0.3 is 9.30 Å². The first-order valence-electron chi connectivity index (χ1n) is 4.19. The highest BCUT2D eigenvalue weighted by atomic mass is 16.5. The third-order valence-corrected chi connectivity index (χ3v) is 2.33. The molecule has 0 spiro atoms. The number of aromatic nitrogens is 1. The van der Waals surface area contributed by atoms with E-state index in [1.165, 1.54) is 6.07 Å². The van der Waals surface area contributed by atoms with Crippen molar-refractivity contribution in [2.75, 3.05) is 7.11 Å². The van der Waals surface area contributed by atoms with E-state index < -0.39 is 0 Å². The molecule has 0 unspecified atom stereocenters. The van der Waals surface area contributed by atoms with Crippen LogP contribution in [0.4, 0.5) is 5.69 Å². The lowest BCUT2D eigenvalue weighted by molar-refractivity contribution is 0.169. The molecule has 4 heteroatoms. The summed E-state index contributed by atoms with van der Waals surface area (Å²) >= 11 is 0. The van der Waals surface area contributed by atoms with Crippen LogP contribution in [0.2, 0.25) is 0 Å². The highest BCUT2D eigenvalue weighted by Crippen LogP contribution is 2.37. The van der Waals surface area contributed by atoms with E-state index in [9.17, 15) is 4.79 Å². The zero-order valence-electron chi connectivity index (χ0n) is 7.36. The highest BCUT2D eigenvalue weighted by Gasteiger charge is 2.39. The van der Waals surface area contributed by atoms with Crippen molar-refractivity contribution in [3.8, 4) is 0 Å². The number of hydrogen-bond donors (Lipinski definition) is 0. The number of rotatable bonds is 2. The maximum atomic E-state index is 11.4. The molecule has 69 valence electrons. The maximum absolute atomic E-state index is 11.4. The maximum Gasteiger partial charge on any atom is 0.276 e. The van der Waals surface area contributed by atoms with E-state index in [0.29, 0.717) is 0 Å². The van der Waals surface area contributed by atoms with Gasteiger partial charge in [0.1, 0.15) is 5.69 Å². The summed E-state index contributed by atoms with van der Waals surface area (Å²) in [5, 5.41) is 0. The number of hydrogen-bond acceptors (Lipinski definition) is 2. The number of ether oxygens (including phenoxy) is 1.